The van der Waals surface area contributed by atoms with Gasteiger partial charge in [-0.15, -0.1) is 0 Å². The van der Waals surface area contributed by atoms with Gasteiger partial charge in [-0.1, -0.05) is 0 Å². The fourth-order valence-electron chi connectivity index (χ4n) is 1.97. The smallest absolute Gasteiger partial charge is 0.171 e. The molecule has 1 fully saturated rings. The standard InChI is InChI=1S/C11H14FNO2/c12-11-8(5-7-3-4-13-6-7)9(14)1-2-10(11)15/h1-2,7,13-15H,3-6H2. The summed E-state index contributed by atoms with van der Waals surface area (Å²) in [6, 6.07) is 2.50. The van der Waals surface area contributed by atoms with Gasteiger partial charge in [0.1, 0.15) is 5.75 Å². The van der Waals surface area contributed by atoms with E-state index in [0.717, 1.165) is 19.5 Å². The third-order valence-corrected chi connectivity index (χ3v) is 2.85. The molecule has 1 heterocycles. The molecule has 1 saturated heterocycles. The molecule has 1 unspecified atom stereocenters. The summed E-state index contributed by atoms with van der Waals surface area (Å²) < 4.78 is 13.5. The van der Waals surface area contributed by atoms with Crippen LogP contribution in [0.4, 0.5) is 4.39 Å². The molecule has 0 bridgehead atoms. The van der Waals surface area contributed by atoms with Crippen molar-refractivity contribution >= 4 is 0 Å². The molecule has 0 aliphatic carbocycles. The zero-order chi connectivity index (χ0) is 10.8. The van der Waals surface area contributed by atoms with Gasteiger partial charge in [0.25, 0.3) is 0 Å². The van der Waals surface area contributed by atoms with E-state index in [1.165, 1.54) is 12.1 Å². The van der Waals surface area contributed by atoms with Crippen molar-refractivity contribution in [1.82, 2.24) is 5.32 Å². The number of phenolic OH excluding ortho intramolecular Hbond substituents is 2. The van der Waals surface area contributed by atoms with Crippen LogP contribution in [0, 0.1) is 11.7 Å². The van der Waals surface area contributed by atoms with Gasteiger partial charge in [0, 0.05) is 5.56 Å². The van der Waals surface area contributed by atoms with E-state index in [0.29, 0.717) is 12.3 Å². The Kier molecular flexibility index (Phi) is 2.77. The van der Waals surface area contributed by atoms with Crippen molar-refractivity contribution in [3.63, 3.8) is 0 Å². The van der Waals surface area contributed by atoms with Crippen LogP contribution in [0.15, 0.2) is 12.1 Å². The molecule has 15 heavy (non-hydrogen) atoms. The van der Waals surface area contributed by atoms with Crippen LogP contribution in [0.25, 0.3) is 0 Å². The molecule has 0 saturated carbocycles. The first kappa shape index (κ1) is 10.2. The third kappa shape index (κ3) is 2.04. The quantitative estimate of drug-likeness (QED) is 0.648. The Balaban J connectivity index is 2.22. The lowest BCUT2D eigenvalue weighted by Gasteiger charge is -2.11. The maximum atomic E-state index is 13.5. The number of phenols is 2. The normalized spacial score (nSPS) is 20.7. The van der Waals surface area contributed by atoms with Crippen LogP contribution in [-0.4, -0.2) is 23.3 Å². The monoisotopic (exact) mass is 211 g/mol. The minimum Gasteiger partial charge on any atom is -0.508 e. The van der Waals surface area contributed by atoms with Crippen molar-refractivity contribution < 1.29 is 14.6 Å². The highest BCUT2D eigenvalue weighted by molar-refractivity contribution is 5.40. The summed E-state index contributed by atoms with van der Waals surface area (Å²) >= 11 is 0. The Morgan fingerprint density at radius 1 is 1.33 bits per heavy atom. The number of halogens is 1. The number of hydrogen-bond acceptors (Lipinski definition) is 3. The van der Waals surface area contributed by atoms with E-state index < -0.39 is 11.6 Å². The Morgan fingerprint density at radius 3 is 2.73 bits per heavy atom. The molecular formula is C11H14FNO2. The van der Waals surface area contributed by atoms with E-state index in [9.17, 15) is 14.6 Å². The first-order valence-corrected chi connectivity index (χ1v) is 5.08. The van der Waals surface area contributed by atoms with Crippen molar-refractivity contribution in [2.24, 2.45) is 5.92 Å². The first-order valence-electron chi connectivity index (χ1n) is 5.08. The molecule has 1 aromatic rings. The summed E-state index contributed by atoms with van der Waals surface area (Å²) in [5, 5.41) is 21.9. The van der Waals surface area contributed by atoms with Crippen LogP contribution in [0.2, 0.25) is 0 Å². The van der Waals surface area contributed by atoms with E-state index in [1.807, 2.05) is 0 Å². The molecule has 1 atom stereocenters. The minimum absolute atomic E-state index is 0.0720. The second-order valence-corrected chi connectivity index (χ2v) is 3.96. The number of hydrogen-bond donors (Lipinski definition) is 3. The summed E-state index contributed by atoms with van der Waals surface area (Å²) in [6.07, 6.45) is 1.45. The summed E-state index contributed by atoms with van der Waals surface area (Å²) in [4.78, 5) is 0. The Bertz CT molecular complexity index is 362. The number of nitrogens with one attached hydrogen (secondary N) is 1. The number of rotatable bonds is 2. The molecule has 0 aromatic heterocycles. The Labute approximate surface area is 87.6 Å². The molecule has 3 N–H and O–H groups in total. The molecule has 1 aliphatic heterocycles. The topological polar surface area (TPSA) is 52.5 Å². The zero-order valence-electron chi connectivity index (χ0n) is 8.33. The van der Waals surface area contributed by atoms with Gasteiger partial charge in [-0.05, 0) is 44.0 Å². The van der Waals surface area contributed by atoms with Crippen molar-refractivity contribution in [1.29, 1.82) is 0 Å². The van der Waals surface area contributed by atoms with E-state index >= 15 is 0 Å². The molecule has 2 rings (SSSR count). The molecule has 0 spiro atoms. The van der Waals surface area contributed by atoms with Crippen LogP contribution in [0.3, 0.4) is 0 Å². The van der Waals surface area contributed by atoms with Gasteiger partial charge in [-0.3, -0.25) is 0 Å². The van der Waals surface area contributed by atoms with Crippen molar-refractivity contribution in [3.8, 4) is 11.5 Å². The molecule has 1 aromatic carbocycles. The van der Waals surface area contributed by atoms with Crippen LogP contribution < -0.4 is 5.32 Å². The van der Waals surface area contributed by atoms with Crippen LogP contribution in [0.1, 0.15) is 12.0 Å². The van der Waals surface area contributed by atoms with Crippen LogP contribution >= 0.6 is 0 Å². The molecular weight excluding hydrogens is 197 g/mol. The van der Waals surface area contributed by atoms with Crippen molar-refractivity contribution in [2.45, 2.75) is 12.8 Å². The van der Waals surface area contributed by atoms with Crippen molar-refractivity contribution in [3.05, 3.63) is 23.5 Å². The SMILES string of the molecule is Oc1ccc(O)c(CC2CCNC2)c1F. The molecule has 0 amide bonds. The highest BCUT2D eigenvalue weighted by Crippen LogP contribution is 2.30. The van der Waals surface area contributed by atoms with Gasteiger partial charge in [0.15, 0.2) is 11.6 Å². The average molecular weight is 211 g/mol. The van der Waals surface area contributed by atoms with E-state index in [2.05, 4.69) is 5.32 Å². The summed E-state index contributed by atoms with van der Waals surface area (Å²) in [5.41, 5.74) is 0.226. The zero-order valence-corrected chi connectivity index (χ0v) is 8.33. The summed E-state index contributed by atoms with van der Waals surface area (Å²) in [7, 11) is 0. The predicted octanol–water partition coefficient (Wildman–Crippen LogP) is 1.39. The Hall–Kier alpha value is -1.29. The van der Waals surface area contributed by atoms with Gasteiger partial charge in [-0.2, -0.15) is 0 Å². The van der Waals surface area contributed by atoms with Crippen LogP contribution in [-0.2, 0) is 6.42 Å². The lowest BCUT2D eigenvalue weighted by atomic mass is 9.97. The van der Waals surface area contributed by atoms with Gasteiger partial charge in [0.05, 0.1) is 0 Å². The number of benzene rings is 1. The fraction of sp³-hybridized carbons (Fsp3) is 0.455. The fourth-order valence-corrected chi connectivity index (χ4v) is 1.97. The highest BCUT2D eigenvalue weighted by Gasteiger charge is 2.20. The summed E-state index contributed by atoms with van der Waals surface area (Å²) in [5.74, 6) is -0.819. The van der Waals surface area contributed by atoms with E-state index in [-0.39, 0.29) is 11.3 Å². The molecule has 1 aliphatic rings. The average Bonchev–Trinajstić information content (AvgIpc) is 2.71. The molecule has 3 nitrogen and oxygen atoms in total. The van der Waals surface area contributed by atoms with E-state index in [4.69, 9.17) is 0 Å². The van der Waals surface area contributed by atoms with Crippen LogP contribution in [0.5, 0.6) is 11.5 Å². The van der Waals surface area contributed by atoms with E-state index in [1.54, 1.807) is 0 Å². The largest absolute Gasteiger partial charge is 0.508 e. The molecule has 82 valence electrons. The lowest BCUT2D eigenvalue weighted by Crippen LogP contribution is -2.11. The Morgan fingerprint density at radius 2 is 2.07 bits per heavy atom. The molecule has 4 heteroatoms. The van der Waals surface area contributed by atoms with Gasteiger partial charge < -0.3 is 15.5 Å². The maximum Gasteiger partial charge on any atom is 0.171 e. The first-order chi connectivity index (χ1) is 7.18. The second kappa shape index (κ2) is 4.06. The lowest BCUT2D eigenvalue weighted by molar-refractivity contribution is 0.406. The highest BCUT2D eigenvalue weighted by atomic mass is 19.1. The summed E-state index contributed by atoms with van der Waals surface area (Å²) in [6.45, 7) is 1.78. The molecule has 0 radical (unpaired) electrons. The number of aromatic hydroxyl groups is 2. The minimum atomic E-state index is -0.693. The second-order valence-electron chi connectivity index (χ2n) is 3.96. The predicted molar refractivity (Wildman–Crippen MR) is 54.4 cm³/mol. The van der Waals surface area contributed by atoms with Gasteiger partial charge in [0.2, 0.25) is 0 Å². The van der Waals surface area contributed by atoms with Gasteiger partial charge >= 0.3 is 0 Å². The third-order valence-electron chi connectivity index (χ3n) is 2.85. The van der Waals surface area contributed by atoms with Crippen molar-refractivity contribution in [2.75, 3.05) is 13.1 Å². The maximum absolute atomic E-state index is 13.5. The van der Waals surface area contributed by atoms with Gasteiger partial charge in [-0.25, -0.2) is 4.39 Å².